The van der Waals surface area contributed by atoms with Gasteiger partial charge in [0.05, 0.1) is 18.9 Å². The molecule has 0 aliphatic rings. The normalized spacial score (nSPS) is 11.8. The maximum Gasteiger partial charge on any atom is 0.309 e. The monoisotopic (exact) mass is 268 g/mol. The maximum absolute atomic E-state index is 11.6. The van der Waals surface area contributed by atoms with Crippen LogP contribution in [0.2, 0.25) is 0 Å². The zero-order valence-corrected chi connectivity index (χ0v) is 10.5. The molecule has 0 amide bonds. The van der Waals surface area contributed by atoms with Gasteiger partial charge in [-0.2, -0.15) is 0 Å². The average Bonchev–Trinajstić information content (AvgIpc) is 2.31. The minimum atomic E-state index is -1.11. The van der Waals surface area contributed by atoms with Crippen LogP contribution in [0.1, 0.15) is 18.9 Å². The number of ether oxygens (including phenoxy) is 1. The molecule has 0 spiro atoms. The van der Waals surface area contributed by atoms with E-state index in [2.05, 4.69) is 0 Å². The van der Waals surface area contributed by atoms with Gasteiger partial charge in [0.1, 0.15) is 11.5 Å². The summed E-state index contributed by atoms with van der Waals surface area (Å²) in [6, 6.07) is 3.94. The number of aromatic hydroxyl groups is 2. The van der Waals surface area contributed by atoms with Crippen LogP contribution < -0.4 is 0 Å². The first-order valence-electron chi connectivity index (χ1n) is 5.83. The Hall–Kier alpha value is -2.24. The molecule has 104 valence electrons. The van der Waals surface area contributed by atoms with Crippen molar-refractivity contribution in [1.29, 1.82) is 0 Å². The number of carbonyl (C=O) groups excluding carboxylic acids is 1. The van der Waals surface area contributed by atoms with E-state index in [1.54, 1.807) is 6.92 Å². The number of phenols is 2. The van der Waals surface area contributed by atoms with Gasteiger partial charge < -0.3 is 20.1 Å². The van der Waals surface area contributed by atoms with E-state index in [-0.39, 0.29) is 30.9 Å². The Morgan fingerprint density at radius 3 is 2.53 bits per heavy atom. The summed E-state index contributed by atoms with van der Waals surface area (Å²) in [5.74, 6) is -2.88. The molecule has 0 heterocycles. The molecule has 6 heteroatoms. The van der Waals surface area contributed by atoms with Crippen molar-refractivity contribution < 1.29 is 29.6 Å². The van der Waals surface area contributed by atoms with Gasteiger partial charge in [0, 0.05) is 6.07 Å². The van der Waals surface area contributed by atoms with Crippen molar-refractivity contribution in [3.8, 4) is 11.5 Å². The van der Waals surface area contributed by atoms with Crippen LogP contribution in [0.4, 0.5) is 0 Å². The molecule has 1 atom stereocenters. The highest BCUT2D eigenvalue weighted by Crippen LogP contribution is 2.26. The standard InChI is InChI=1S/C13H16O6/c1-2-19-13(18)9(6-12(16)17)5-8-3-4-10(14)7-11(8)15/h3-4,7,9,14-15H,2,5-6H2,1H3,(H,16,17). The number of carboxylic acids is 1. The third-order valence-electron chi connectivity index (χ3n) is 2.58. The molecular weight excluding hydrogens is 252 g/mol. The lowest BCUT2D eigenvalue weighted by molar-refractivity contribution is -0.152. The van der Waals surface area contributed by atoms with Crippen LogP contribution in [-0.4, -0.2) is 33.9 Å². The molecule has 1 rings (SSSR count). The van der Waals surface area contributed by atoms with E-state index in [9.17, 15) is 14.7 Å². The minimum Gasteiger partial charge on any atom is -0.508 e. The number of phenolic OH excluding ortho intramolecular Hbond substituents is 2. The van der Waals surface area contributed by atoms with Gasteiger partial charge in [0.2, 0.25) is 0 Å². The van der Waals surface area contributed by atoms with Crippen molar-refractivity contribution in [3.63, 3.8) is 0 Å². The topological polar surface area (TPSA) is 104 Å². The molecule has 1 aromatic carbocycles. The summed E-state index contributed by atoms with van der Waals surface area (Å²) in [6.07, 6.45) is -0.337. The predicted octanol–water partition coefficient (Wildman–Crippen LogP) is 1.29. The van der Waals surface area contributed by atoms with E-state index in [0.29, 0.717) is 5.56 Å². The Balaban J connectivity index is 2.87. The highest BCUT2D eigenvalue weighted by molar-refractivity contribution is 5.79. The summed E-state index contributed by atoms with van der Waals surface area (Å²) < 4.78 is 4.81. The summed E-state index contributed by atoms with van der Waals surface area (Å²) in [7, 11) is 0. The van der Waals surface area contributed by atoms with Gasteiger partial charge in [0.25, 0.3) is 0 Å². The van der Waals surface area contributed by atoms with Gasteiger partial charge in [-0.05, 0) is 25.0 Å². The molecule has 1 unspecified atom stereocenters. The fourth-order valence-corrected chi connectivity index (χ4v) is 1.70. The molecule has 0 fully saturated rings. The summed E-state index contributed by atoms with van der Waals surface area (Å²) in [5, 5.41) is 27.6. The van der Waals surface area contributed by atoms with Crippen molar-refractivity contribution in [3.05, 3.63) is 23.8 Å². The van der Waals surface area contributed by atoms with Crippen LogP contribution in [0.3, 0.4) is 0 Å². The van der Waals surface area contributed by atoms with Crippen LogP contribution in [0.5, 0.6) is 11.5 Å². The molecule has 0 aromatic heterocycles. The quantitative estimate of drug-likeness (QED) is 0.672. The zero-order chi connectivity index (χ0) is 14.4. The number of carboxylic acid groups (broad SMARTS) is 1. The number of hydrogen-bond donors (Lipinski definition) is 3. The minimum absolute atomic E-state index is 0.0389. The second-order valence-corrected chi connectivity index (χ2v) is 4.06. The van der Waals surface area contributed by atoms with E-state index in [1.165, 1.54) is 12.1 Å². The molecule has 0 aliphatic carbocycles. The maximum atomic E-state index is 11.6. The molecule has 19 heavy (non-hydrogen) atoms. The van der Waals surface area contributed by atoms with E-state index >= 15 is 0 Å². The van der Waals surface area contributed by atoms with Crippen LogP contribution in [0, 0.1) is 5.92 Å². The summed E-state index contributed by atoms with van der Waals surface area (Å²) >= 11 is 0. The fraction of sp³-hybridized carbons (Fsp3) is 0.385. The molecule has 3 N–H and O–H groups in total. The van der Waals surface area contributed by atoms with Crippen molar-refractivity contribution in [2.24, 2.45) is 5.92 Å². The number of benzene rings is 1. The number of carbonyl (C=O) groups is 2. The average molecular weight is 268 g/mol. The van der Waals surface area contributed by atoms with Crippen LogP contribution in [0.25, 0.3) is 0 Å². The molecule has 6 nitrogen and oxygen atoms in total. The SMILES string of the molecule is CCOC(=O)C(CC(=O)O)Cc1ccc(O)cc1O. The largest absolute Gasteiger partial charge is 0.508 e. The molecule has 1 aromatic rings. The zero-order valence-electron chi connectivity index (χ0n) is 10.5. The van der Waals surface area contributed by atoms with Gasteiger partial charge in [-0.25, -0.2) is 0 Å². The van der Waals surface area contributed by atoms with Gasteiger partial charge in [-0.1, -0.05) is 6.07 Å². The van der Waals surface area contributed by atoms with Crippen molar-refractivity contribution in [2.75, 3.05) is 6.61 Å². The lowest BCUT2D eigenvalue weighted by atomic mass is 9.95. The van der Waals surface area contributed by atoms with E-state index < -0.39 is 17.9 Å². The lowest BCUT2D eigenvalue weighted by Gasteiger charge is -2.14. The third kappa shape index (κ3) is 4.50. The predicted molar refractivity (Wildman–Crippen MR) is 65.9 cm³/mol. The Morgan fingerprint density at radius 2 is 2.00 bits per heavy atom. The number of aliphatic carboxylic acids is 1. The number of esters is 1. The van der Waals surface area contributed by atoms with E-state index in [1.807, 2.05) is 0 Å². The molecule has 0 saturated carbocycles. The Morgan fingerprint density at radius 1 is 1.32 bits per heavy atom. The Bertz CT molecular complexity index is 468. The van der Waals surface area contributed by atoms with Crippen molar-refractivity contribution in [1.82, 2.24) is 0 Å². The van der Waals surface area contributed by atoms with Crippen LogP contribution in [-0.2, 0) is 20.7 Å². The molecule has 0 radical (unpaired) electrons. The van der Waals surface area contributed by atoms with Gasteiger partial charge in [-0.15, -0.1) is 0 Å². The first-order chi connectivity index (χ1) is 8.93. The Labute approximate surface area is 110 Å². The van der Waals surface area contributed by atoms with Crippen molar-refractivity contribution in [2.45, 2.75) is 19.8 Å². The van der Waals surface area contributed by atoms with Gasteiger partial charge in [-0.3, -0.25) is 9.59 Å². The second-order valence-electron chi connectivity index (χ2n) is 4.06. The molecule has 0 aliphatic heterocycles. The van der Waals surface area contributed by atoms with E-state index in [4.69, 9.17) is 14.9 Å². The summed E-state index contributed by atoms with van der Waals surface area (Å²) in [6.45, 7) is 1.80. The summed E-state index contributed by atoms with van der Waals surface area (Å²) in [5.41, 5.74) is 0.386. The molecule has 0 saturated heterocycles. The Kier molecular flexibility index (Phi) is 5.17. The molecular formula is C13H16O6. The van der Waals surface area contributed by atoms with E-state index in [0.717, 1.165) is 6.07 Å². The smallest absolute Gasteiger partial charge is 0.309 e. The van der Waals surface area contributed by atoms with Crippen molar-refractivity contribution >= 4 is 11.9 Å². The highest BCUT2D eigenvalue weighted by Gasteiger charge is 2.24. The first-order valence-corrected chi connectivity index (χ1v) is 5.83. The molecule has 0 bridgehead atoms. The number of rotatable bonds is 6. The van der Waals surface area contributed by atoms with Crippen LogP contribution in [0.15, 0.2) is 18.2 Å². The fourth-order valence-electron chi connectivity index (χ4n) is 1.70. The van der Waals surface area contributed by atoms with Crippen LogP contribution >= 0.6 is 0 Å². The summed E-state index contributed by atoms with van der Waals surface area (Å²) in [4.78, 5) is 22.4. The van der Waals surface area contributed by atoms with Gasteiger partial charge >= 0.3 is 11.9 Å². The lowest BCUT2D eigenvalue weighted by Crippen LogP contribution is -2.23. The number of hydrogen-bond acceptors (Lipinski definition) is 5. The van der Waals surface area contributed by atoms with Gasteiger partial charge in [0.15, 0.2) is 0 Å². The first kappa shape index (κ1) is 14.8. The highest BCUT2D eigenvalue weighted by atomic mass is 16.5. The second kappa shape index (κ2) is 6.63. The third-order valence-corrected chi connectivity index (χ3v) is 2.58.